The quantitative estimate of drug-likeness (QED) is 0.567. The molecular weight excluding hydrogens is 352 g/mol. The van der Waals surface area contributed by atoms with Crippen LogP contribution >= 0.6 is 11.6 Å². The molecule has 0 bridgehead atoms. The lowest BCUT2D eigenvalue weighted by Crippen LogP contribution is -2.13. The molecule has 0 spiro atoms. The van der Waals surface area contributed by atoms with Gasteiger partial charge in [0.25, 0.3) is 5.91 Å². The van der Waals surface area contributed by atoms with E-state index in [1.54, 1.807) is 30.3 Å². The van der Waals surface area contributed by atoms with Crippen LogP contribution in [0.1, 0.15) is 18.9 Å². The van der Waals surface area contributed by atoms with Gasteiger partial charge in [-0.05, 0) is 36.8 Å². The van der Waals surface area contributed by atoms with E-state index in [2.05, 4.69) is 5.32 Å². The minimum absolute atomic E-state index is 0.0375. The number of rotatable bonds is 7. The summed E-state index contributed by atoms with van der Waals surface area (Å²) in [5, 5.41) is 12.4. The molecule has 0 unspecified atom stereocenters. The molecule has 26 heavy (non-hydrogen) atoms. The van der Waals surface area contributed by atoms with Crippen molar-refractivity contribution in [3.8, 4) is 17.6 Å². The molecule has 0 saturated heterocycles. The monoisotopic (exact) mass is 370 g/mol. The molecular formula is C20H19ClN2O3. The van der Waals surface area contributed by atoms with Gasteiger partial charge in [-0.1, -0.05) is 36.7 Å². The third-order valence-corrected chi connectivity index (χ3v) is 3.75. The lowest BCUT2D eigenvalue weighted by Gasteiger charge is -2.09. The van der Waals surface area contributed by atoms with Crippen molar-refractivity contribution in [1.82, 2.24) is 0 Å². The summed E-state index contributed by atoms with van der Waals surface area (Å²) < 4.78 is 10.7. The maximum absolute atomic E-state index is 12.4. The van der Waals surface area contributed by atoms with Crippen LogP contribution in [0.4, 0.5) is 5.69 Å². The summed E-state index contributed by atoms with van der Waals surface area (Å²) in [4.78, 5) is 12.4. The molecule has 2 aromatic rings. The number of nitriles is 1. The summed E-state index contributed by atoms with van der Waals surface area (Å²) in [6.45, 7) is 2.57. The molecule has 0 fully saturated rings. The Balaban J connectivity index is 2.22. The number of para-hydroxylation sites is 1. The number of nitrogens with zero attached hydrogens (tertiary/aromatic N) is 1. The summed E-state index contributed by atoms with van der Waals surface area (Å²) in [7, 11) is 1.51. The van der Waals surface area contributed by atoms with E-state index in [-0.39, 0.29) is 5.57 Å². The standard InChI is InChI=1S/C20H19ClN2O3/c1-3-10-26-18-7-5-4-6-14(18)11-15(13-22)20(24)23-16-8-9-19(25-2)17(21)12-16/h4-9,11-12H,3,10H2,1-2H3,(H,23,24)/b15-11+. The van der Waals surface area contributed by atoms with Gasteiger partial charge in [0.15, 0.2) is 0 Å². The molecule has 5 nitrogen and oxygen atoms in total. The van der Waals surface area contributed by atoms with Gasteiger partial charge in [0, 0.05) is 11.3 Å². The highest BCUT2D eigenvalue weighted by molar-refractivity contribution is 6.32. The zero-order valence-electron chi connectivity index (χ0n) is 14.6. The van der Waals surface area contributed by atoms with Gasteiger partial charge < -0.3 is 14.8 Å². The van der Waals surface area contributed by atoms with E-state index in [9.17, 15) is 10.1 Å². The molecule has 0 radical (unpaired) electrons. The van der Waals surface area contributed by atoms with Crippen LogP contribution < -0.4 is 14.8 Å². The Kier molecular flexibility index (Phi) is 7.07. The lowest BCUT2D eigenvalue weighted by molar-refractivity contribution is -0.112. The van der Waals surface area contributed by atoms with Crippen LogP contribution in [0.25, 0.3) is 6.08 Å². The van der Waals surface area contributed by atoms with Gasteiger partial charge in [-0.25, -0.2) is 0 Å². The Morgan fingerprint density at radius 1 is 1.27 bits per heavy atom. The van der Waals surface area contributed by atoms with Crippen LogP contribution in [0.3, 0.4) is 0 Å². The fourth-order valence-electron chi connectivity index (χ4n) is 2.19. The van der Waals surface area contributed by atoms with Crippen LogP contribution in [0.2, 0.25) is 5.02 Å². The lowest BCUT2D eigenvalue weighted by atomic mass is 10.1. The molecule has 0 saturated carbocycles. The second-order valence-corrected chi connectivity index (χ2v) is 5.77. The first-order valence-corrected chi connectivity index (χ1v) is 8.45. The van der Waals surface area contributed by atoms with Crippen molar-refractivity contribution < 1.29 is 14.3 Å². The largest absolute Gasteiger partial charge is 0.495 e. The van der Waals surface area contributed by atoms with Crippen molar-refractivity contribution in [3.63, 3.8) is 0 Å². The van der Waals surface area contributed by atoms with E-state index in [4.69, 9.17) is 21.1 Å². The topological polar surface area (TPSA) is 71.3 Å². The van der Waals surface area contributed by atoms with E-state index in [0.717, 1.165) is 6.42 Å². The predicted molar refractivity (Wildman–Crippen MR) is 102 cm³/mol. The average molecular weight is 371 g/mol. The molecule has 2 aromatic carbocycles. The van der Waals surface area contributed by atoms with Gasteiger partial charge >= 0.3 is 0 Å². The second kappa shape index (κ2) is 9.50. The Hall–Kier alpha value is -2.97. The summed E-state index contributed by atoms with van der Waals surface area (Å²) >= 11 is 6.05. The number of carbonyl (C=O) groups excluding carboxylic acids is 1. The highest BCUT2D eigenvalue weighted by atomic mass is 35.5. The van der Waals surface area contributed by atoms with Crippen molar-refractivity contribution >= 4 is 29.3 Å². The number of halogens is 1. The summed E-state index contributed by atoms with van der Waals surface area (Å²) in [6, 6.07) is 14.0. The first-order chi connectivity index (χ1) is 12.6. The Bertz CT molecular complexity index is 856. The van der Waals surface area contributed by atoms with E-state index in [1.165, 1.54) is 13.2 Å². The number of amides is 1. The second-order valence-electron chi connectivity index (χ2n) is 5.36. The van der Waals surface area contributed by atoms with Crippen molar-refractivity contribution in [2.45, 2.75) is 13.3 Å². The first-order valence-electron chi connectivity index (χ1n) is 8.07. The molecule has 0 heterocycles. The Morgan fingerprint density at radius 3 is 2.69 bits per heavy atom. The number of ether oxygens (including phenoxy) is 2. The number of methoxy groups -OCH3 is 1. The Labute approximate surface area is 157 Å². The van der Waals surface area contributed by atoms with Crippen molar-refractivity contribution in [2.75, 3.05) is 19.0 Å². The zero-order valence-corrected chi connectivity index (χ0v) is 15.3. The van der Waals surface area contributed by atoms with Crippen molar-refractivity contribution in [2.24, 2.45) is 0 Å². The number of hydrogen-bond acceptors (Lipinski definition) is 4. The molecule has 134 valence electrons. The van der Waals surface area contributed by atoms with Crippen LogP contribution in [-0.4, -0.2) is 19.6 Å². The third-order valence-electron chi connectivity index (χ3n) is 3.46. The number of carbonyl (C=O) groups is 1. The van der Waals surface area contributed by atoms with Crippen molar-refractivity contribution in [1.29, 1.82) is 5.26 Å². The molecule has 0 aliphatic rings. The van der Waals surface area contributed by atoms with Crippen LogP contribution in [0.5, 0.6) is 11.5 Å². The van der Waals surface area contributed by atoms with E-state index >= 15 is 0 Å². The highest BCUT2D eigenvalue weighted by Gasteiger charge is 2.12. The van der Waals surface area contributed by atoms with Gasteiger partial charge in [0.2, 0.25) is 0 Å². The number of benzene rings is 2. The summed E-state index contributed by atoms with van der Waals surface area (Å²) in [5.74, 6) is 0.601. The Morgan fingerprint density at radius 2 is 2.04 bits per heavy atom. The number of hydrogen-bond donors (Lipinski definition) is 1. The average Bonchev–Trinajstić information content (AvgIpc) is 2.65. The molecule has 6 heteroatoms. The third kappa shape index (κ3) is 5.01. The number of anilines is 1. The van der Waals surface area contributed by atoms with Gasteiger partial charge in [-0.2, -0.15) is 5.26 Å². The van der Waals surface area contributed by atoms with E-state index in [0.29, 0.717) is 34.4 Å². The highest BCUT2D eigenvalue weighted by Crippen LogP contribution is 2.27. The summed E-state index contributed by atoms with van der Waals surface area (Å²) in [6.07, 6.45) is 2.37. The van der Waals surface area contributed by atoms with Gasteiger partial charge in [-0.3, -0.25) is 4.79 Å². The van der Waals surface area contributed by atoms with E-state index in [1.807, 2.05) is 25.1 Å². The number of nitrogens with one attached hydrogen (secondary N) is 1. The molecule has 0 atom stereocenters. The zero-order chi connectivity index (χ0) is 18.9. The molecule has 0 aliphatic heterocycles. The normalized spacial score (nSPS) is 10.8. The van der Waals surface area contributed by atoms with Crippen molar-refractivity contribution in [3.05, 3.63) is 58.6 Å². The minimum Gasteiger partial charge on any atom is -0.495 e. The molecule has 1 amide bonds. The fraction of sp³-hybridized carbons (Fsp3) is 0.200. The maximum atomic E-state index is 12.4. The minimum atomic E-state index is -0.529. The predicted octanol–water partition coefficient (Wildman–Crippen LogP) is 4.68. The maximum Gasteiger partial charge on any atom is 0.266 e. The summed E-state index contributed by atoms with van der Waals surface area (Å²) in [5.41, 5.74) is 1.10. The van der Waals surface area contributed by atoms with Gasteiger partial charge in [0.1, 0.15) is 23.1 Å². The van der Waals surface area contributed by atoms with Gasteiger partial charge in [0.05, 0.1) is 18.7 Å². The fourth-order valence-corrected chi connectivity index (χ4v) is 2.45. The van der Waals surface area contributed by atoms with Gasteiger partial charge in [-0.15, -0.1) is 0 Å². The van der Waals surface area contributed by atoms with E-state index < -0.39 is 5.91 Å². The van der Waals surface area contributed by atoms with Crippen LogP contribution in [-0.2, 0) is 4.79 Å². The SMILES string of the molecule is CCCOc1ccccc1/C=C(\C#N)C(=O)Nc1ccc(OC)c(Cl)c1. The van der Waals surface area contributed by atoms with Crippen LogP contribution in [0, 0.1) is 11.3 Å². The first kappa shape index (κ1) is 19.4. The molecule has 1 N–H and O–H groups in total. The smallest absolute Gasteiger partial charge is 0.266 e. The van der Waals surface area contributed by atoms with Crippen LogP contribution in [0.15, 0.2) is 48.0 Å². The molecule has 0 aromatic heterocycles. The molecule has 2 rings (SSSR count). The molecule has 0 aliphatic carbocycles.